The molecule has 0 aromatic heterocycles. The van der Waals surface area contributed by atoms with Gasteiger partial charge < -0.3 is 4.90 Å². The maximum atomic E-state index is 12.6. The highest BCUT2D eigenvalue weighted by molar-refractivity contribution is 6.00. The van der Waals surface area contributed by atoms with Crippen LogP contribution < -0.4 is 4.90 Å². The minimum absolute atomic E-state index is 0.343. The van der Waals surface area contributed by atoms with Crippen molar-refractivity contribution in [1.82, 2.24) is 0 Å². The normalized spacial score (nSPS) is 11.8. The van der Waals surface area contributed by atoms with Crippen molar-refractivity contribution in [2.75, 3.05) is 18.0 Å². The number of hydrogen-bond donors (Lipinski definition) is 0. The van der Waals surface area contributed by atoms with Crippen LogP contribution in [0.5, 0.6) is 0 Å². The summed E-state index contributed by atoms with van der Waals surface area (Å²) in [6.07, 6.45) is 14.4. The Morgan fingerprint density at radius 3 is 1.49 bits per heavy atom. The molecule has 2 rings (SSSR count). The summed E-state index contributed by atoms with van der Waals surface area (Å²) in [6, 6.07) is 14.0. The zero-order valence-corrected chi connectivity index (χ0v) is 22.7. The summed E-state index contributed by atoms with van der Waals surface area (Å²) in [6.45, 7) is 6.66. The van der Waals surface area contributed by atoms with E-state index in [4.69, 9.17) is 0 Å². The van der Waals surface area contributed by atoms with E-state index < -0.39 is 12.0 Å². The molecule has 0 amide bonds. The first-order valence-corrected chi connectivity index (χ1v) is 14.1. The molecule has 0 aliphatic heterocycles. The van der Waals surface area contributed by atoms with Crippen molar-refractivity contribution in [3.05, 3.63) is 65.2 Å². The van der Waals surface area contributed by atoms with Gasteiger partial charge in [-0.2, -0.15) is 13.2 Å². The summed E-state index contributed by atoms with van der Waals surface area (Å²) in [7, 11) is 0. The number of halogens is 3. The number of alkyl halides is 3. The number of Topliss-reactive ketones (excluding diaryl/α,β-unsaturated/α-hetero) is 1. The number of hydrogen-bond acceptors (Lipinski definition) is 2. The molecule has 0 fully saturated rings. The van der Waals surface area contributed by atoms with Crippen molar-refractivity contribution < 1.29 is 18.0 Å². The van der Waals surface area contributed by atoms with Crippen molar-refractivity contribution in [3.63, 3.8) is 0 Å². The van der Waals surface area contributed by atoms with Crippen molar-refractivity contribution in [2.24, 2.45) is 0 Å². The molecule has 0 aliphatic rings. The van der Waals surface area contributed by atoms with E-state index >= 15 is 0 Å². The fourth-order valence-corrected chi connectivity index (χ4v) is 4.43. The number of rotatable bonds is 18. The van der Waals surface area contributed by atoms with Gasteiger partial charge in [-0.15, -0.1) is 0 Å². The Balaban J connectivity index is 1.95. The van der Waals surface area contributed by atoms with E-state index in [1.54, 1.807) is 0 Å². The maximum Gasteiger partial charge on any atom is 0.454 e. The topological polar surface area (TPSA) is 20.3 Å². The molecule has 0 N–H and O–H groups in total. The van der Waals surface area contributed by atoms with E-state index in [2.05, 4.69) is 43.0 Å². The van der Waals surface area contributed by atoms with Gasteiger partial charge in [0.2, 0.25) is 0 Å². The molecule has 5 heteroatoms. The van der Waals surface area contributed by atoms with Gasteiger partial charge in [-0.1, -0.05) is 127 Å². The van der Waals surface area contributed by atoms with Gasteiger partial charge in [0.1, 0.15) is 0 Å². The van der Waals surface area contributed by atoms with E-state index in [0.29, 0.717) is 0 Å². The lowest BCUT2D eigenvalue weighted by atomic mass is 10.1. The molecule has 2 aromatic rings. The lowest BCUT2D eigenvalue weighted by Crippen LogP contribution is -2.25. The molecule has 204 valence electrons. The third-order valence-corrected chi connectivity index (χ3v) is 6.72. The molecule has 2 nitrogen and oxygen atoms in total. The second-order valence-electron chi connectivity index (χ2n) is 9.90. The van der Waals surface area contributed by atoms with Gasteiger partial charge >= 0.3 is 6.18 Å². The van der Waals surface area contributed by atoms with Crippen LogP contribution in [0.4, 0.5) is 18.9 Å². The van der Waals surface area contributed by atoms with Gasteiger partial charge in [0.25, 0.3) is 5.78 Å². The summed E-state index contributed by atoms with van der Waals surface area (Å²) < 4.78 is 37.8. The van der Waals surface area contributed by atoms with Crippen molar-refractivity contribution in [3.8, 4) is 0 Å². The van der Waals surface area contributed by atoms with Crippen LogP contribution in [0.2, 0.25) is 0 Å². The zero-order valence-electron chi connectivity index (χ0n) is 22.7. The van der Waals surface area contributed by atoms with Crippen LogP contribution in [0.15, 0.2) is 48.5 Å². The minimum atomic E-state index is -4.85. The Hall–Kier alpha value is -2.56. The number of carbonyl (C=O) groups excluding carboxylic acids is 1. The molecule has 0 bridgehead atoms. The SMILES string of the molecule is CCCCCCCCN(CCCCCCCC)c1ccc(C=Cc2ccc(C(=O)C(F)(F)F)cc2)cc1. The number of ketones is 1. The van der Waals surface area contributed by atoms with Crippen LogP contribution in [0.3, 0.4) is 0 Å². The average Bonchev–Trinajstić information content (AvgIpc) is 2.90. The highest BCUT2D eigenvalue weighted by atomic mass is 19.4. The molecule has 37 heavy (non-hydrogen) atoms. The van der Waals surface area contributed by atoms with Crippen molar-refractivity contribution in [1.29, 1.82) is 0 Å². The van der Waals surface area contributed by atoms with Gasteiger partial charge in [-0.05, 0) is 36.1 Å². The number of anilines is 1. The first-order valence-electron chi connectivity index (χ1n) is 14.1. The summed E-state index contributed by atoms with van der Waals surface area (Å²) in [4.78, 5) is 13.9. The number of nitrogens with zero attached hydrogens (tertiary/aromatic N) is 1. The van der Waals surface area contributed by atoms with Crippen molar-refractivity contribution in [2.45, 2.75) is 97.1 Å². The molecule has 2 aromatic carbocycles. The van der Waals surface area contributed by atoms with Crippen LogP contribution in [-0.2, 0) is 0 Å². The predicted octanol–water partition coefficient (Wildman–Crippen LogP) is 10.1. The summed E-state index contributed by atoms with van der Waals surface area (Å²) >= 11 is 0. The van der Waals surface area contributed by atoms with Crippen LogP contribution in [-0.4, -0.2) is 25.0 Å². The third-order valence-electron chi connectivity index (χ3n) is 6.72. The van der Waals surface area contributed by atoms with E-state index in [1.165, 1.54) is 107 Å². The van der Waals surface area contributed by atoms with Gasteiger partial charge in [-0.3, -0.25) is 4.79 Å². The predicted molar refractivity (Wildman–Crippen MR) is 151 cm³/mol. The molecule has 0 spiro atoms. The fraction of sp³-hybridized carbons (Fsp3) is 0.531. The van der Waals surface area contributed by atoms with Crippen LogP contribution in [0.1, 0.15) is 112 Å². The highest BCUT2D eigenvalue weighted by Gasteiger charge is 2.39. The van der Waals surface area contributed by atoms with Crippen LogP contribution in [0.25, 0.3) is 12.2 Å². The van der Waals surface area contributed by atoms with Crippen molar-refractivity contribution >= 4 is 23.6 Å². The number of benzene rings is 2. The lowest BCUT2D eigenvalue weighted by Gasteiger charge is -2.25. The summed E-state index contributed by atoms with van der Waals surface area (Å²) in [5, 5.41) is 0. The van der Waals surface area contributed by atoms with Gasteiger partial charge in [-0.25, -0.2) is 0 Å². The van der Waals surface area contributed by atoms with Gasteiger partial charge in [0.15, 0.2) is 0 Å². The molecular weight excluding hydrogens is 471 g/mol. The number of carbonyl (C=O) groups is 1. The molecular formula is C32H44F3NO. The summed E-state index contributed by atoms with van der Waals surface area (Å²) in [5.41, 5.74) is 2.67. The van der Waals surface area contributed by atoms with Crippen LogP contribution in [0, 0.1) is 0 Å². The molecule has 0 aliphatic carbocycles. The summed E-state index contributed by atoms with van der Waals surface area (Å²) in [5.74, 6) is -1.81. The Morgan fingerprint density at radius 2 is 1.05 bits per heavy atom. The molecule has 0 unspecified atom stereocenters. The van der Waals surface area contributed by atoms with E-state index in [1.807, 2.05) is 12.2 Å². The highest BCUT2D eigenvalue weighted by Crippen LogP contribution is 2.23. The monoisotopic (exact) mass is 515 g/mol. The second kappa shape index (κ2) is 17.0. The lowest BCUT2D eigenvalue weighted by molar-refractivity contribution is -0.0885. The Morgan fingerprint density at radius 1 is 0.649 bits per heavy atom. The van der Waals surface area contributed by atoms with Gasteiger partial charge in [0.05, 0.1) is 0 Å². The Bertz CT molecular complexity index is 901. The quantitative estimate of drug-likeness (QED) is 0.112. The molecule has 0 saturated carbocycles. The first-order chi connectivity index (χ1) is 17.8. The maximum absolute atomic E-state index is 12.6. The van der Waals surface area contributed by atoms with Gasteiger partial charge in [0, 0.05) is 24.3 Å². The standard InChI is InChI=1S/C32H44F3NO/c1-3-5-7-9-11-13-25-36(26-14-12-10-8-6-4-2)30-23-19-28(20-24-30)16-15-27-17-21-29(22-18-27)31(37)32(33,34)35/h15-24H,3-14,25-26H2,1-2H3. The first kappa shape index (κ1) is 30.7. The molecule has 0 radical (unpaired) electrons. The van der Waals surface area contributed by atoms with E-state index in [-0.39, 0.29) is 5.56 Å². The average molecular weight is 516 g/mol. The molecule has 0 heterocycles. The Labute approximate surface area is 222 Å². The second-order valence-corrected chi connectivity index (χ2v) is 9.90. The molecule has 0 atom stereocenters. The largest absolute Gasteiger partial charge is 0.454 e. The molecule has 0 saturated heterocycles. The Kier molecular flexibility index (Phi) is 14.1. The minimum Gasteiger partial charge on any atom is -0.372 e. The smallest absolute Gasteiger partial charge is 0.372 e. The number of unbranched alkanes of at least 4 members (excludes halogenated alkanes) is 10. The van der Waals surface area contributed by atoms with E-state index in [9.17, 15) is 18.0 Å². The third kappa shape index (κ3) is 12.0. The fourth-order valence-electron chi connectivity index (χ4n) is 4.43. The zero-order chi connectivity index (χ0) is 26.9. The van der Waals surface area contributed by atoms with Crippen LogP contribution >= 0.6 is 0 Å². The van der Waals surface area contributed by atoms with E-state index in [0.717, 1.165) is 24.2 Å².